The van der Waals surface area contributed by atoms with Gasteiger partial charge in [-0.3, -0.25) is 4.31 Å². The van der Waals surface area contributed by atoms with E-state index in [9.17, 15) is 13.2 Å². The van der Waals surface area contributed by atoms with Crippen molar-refractivity contribution in [1.29, 1.82) is 0 Å². The Bertz CT molecular complexity index is 895. The minimum absolute atomic E-state index is 0.132. The van der Waals surface area contributed by atoms with Gasteiger partial charge in [-0.15, -0.1) is 0 Å². The molecule has 0 aromatic heterocycles. The number of carbonyl (C=O) groups is 1. The second kappa shape index (κ2) is 6.57. The van der Waals surface area contributed by atoms with Crippen molar-refractivity contribution >= 4 is 37.6 Å². The summed E-state index contributed by atoms with van der Waals surface area (Å²) in [7, 11) is -3.70. The molecule has 3 rings (SSSR count). The first-order valence-electron chi connectivity index (χ1n) is 7.52. The van der Waals surface area contributed by atoms with Gasteiger partial charge in [0.2, 0.25) is 0 Å². The summed E-state index contributed by atoms with van der Waals surface area (Å²) in [5.74, 6) is -0.478. The van der Waals surface area contributed by atoms with Gasteiger partial charge in [-0.1, -0.05) is 18.2 Å². The van der Waals surface area contributed by atoms with Crippen LogP contribution in [-0.2, 0) is 21.2 Å². The highest BCUT2D eigenvalue weighted by Gasteiger charge is 2.32. The summed E-state index contributed by atoms with van der Waals surface area (Å²) in [5.41, 5.74) is 2.03. The standard InChI is InChI=1S/C17H16BrNO4S/c1-2-23-17(20)13-7-8-16(14(18)11-13)24(21,22)19-10-9-12-5-3-4-6-15(12)19/h3-8,11H,2,9-10H2,1H3. The van der Waals surface area contributed by atoms with Gasteiger partial charge in [0.15, 0.2) is 0 Å². The number of nitrogens with zero attached hydrogens (tertiary/aromatic N) is 1. The van der Waals surface area contributed by atoms with Crippen molar-refractivity contribution in [3.63, 3.8) is 0 Å². The number of sulfonamides is 1. The molecule has 24 heavy (non-hydrogen) atoms. The number of esters is 1. The maximum Gasteiger partial charge on any atom is 0.338 e. The average molecular weight is 410 g/mol. The van der Waals surface area contributed by atoms with Crippen LogP contribution in [0.15, 0.2) is 51.8 Å². The molecule has 0 atom stereocenters. The van der Waals surface area contributed by atoms with Gasteiger partial charge in [0.05, 0.1) is 17.9 Å². The number of fused-ring (bicyclic) bond motifs is 1. The first kappa shape index (κ1) is 17.0. The van der Waals surface area contributed by atoms with Crippen LogP contribution >= 0.6 is 15.9 Å². The number of carbonyl (C=O) groups excluding carboxylic acids is 1. The molecule has 1 aliphatic heterocycles. The second-order valence-electron chi connectivity index (χ2n) is 5.32. The van der Waals surface area contributed by atoms with Crippen molar-refractivity contribution in [2.24, 2.45) is 0 Å². The highest BCUT2D eigenvalue weighted by molar-refractivity contribution is 9.10. The van der Waals surface area contributed by atoms with Crippen molar-refractivity contribution in [2.45, 2.75) is 18.2 Å². The lowest BCUT2D eigenvalue weighted by molar-refractivity contribution is 0.0526. The van der Waals surface area contributed by atoms with Crippen molar-refractivity contribution in [3.05, 3.63) is 58.1 Å². The minimum Gasteiger partial charge on any atom is -0.462 e. The molecule has 1 aliphatic rings. The van der Waals surface area contributed by atoms with E-state index in [2.05, 4.69) is 15.9 Å². The van der Waals surface area contributed by atoms with Gasteiger partial charge in [0.1, 0.15) is 4.90 Å². The maximum absolute atomic E-state index is 13.0. The fraction of sp³-hybridized carbons (Fsp3) is 0.235. The molecule has 0 aliphatic carbocycles. The van der Waals surface area contributed by atoms with Crippen LogP contribution in [0.5, 0.6) is 0 Å². The fourth-order valence-corrected chi connectivity index (χ4v) is 5.27. The molecular formula is C17H16BrNO4S. The molecule has 7 heteroatoms. The average Bonchev–Trinajstić information content (AvgIpc) is 2.99. The van der Waals surface area contributed by atoms with Crippen LogP contribution < -0.4 is 4.31 Å². The van der Waals surface area contributed by atoms with Gasteiger partial charge in [-0.2, -0.15) is 0 Å². The number of hydrogen-bond donors (Lipinski definition) is 0. The molecule has 2 aromatic rings. The number of benzene rings is 2. The third-order valence-electron chi connectivity index (χ3n) is 3.86. The Morgan fingerprint density at radius 3 is 2.71 bits per heavy atom. The Labute approximate surface area is 149 Å². The van der Waals surface area contributed by atoms with Crippen molar-refractivity contribution in [2.75, 3.05) is 17.5 Å². The van der Waals surface area contributed by atoms with E-state index in [-0.39, 0.29) is 11.5 Å². The van der Waals surface area contributed by atoms with Crippen LogP contribution in [0.1, 0.15) is 22.8 Å². The van der Waals surface area contributed by atoms with E-state index in [1.54, 1.807) is 13.0 Å². The molecule has 0 saturated carbocycles. The van der Waals surface area contributed by atoms with E-state index in [1.807, 2.05) is 18.2 Å². The lowest BCUT2D eigenvalue weighted by atomic mass is 10.2. The van der Waals surface area contributed by atoms with Crippen LogP contribution in [0.4, 0.5) is 5.69 Å². The van der Waals surface area contributed by atoms with Gasteiger partial charge in [-0.25, -0.2) is 13.2 Å². The SMILES string of the molecule is CCOC(=O)c1ccc(S(=O)(=O)N2CCc3ccccc32)c(Br)c1. The van der Waals surface area contributed by atoms with E-state index in [0.29, 0.717) is 28.7 Å². The molecule has 0 fully saturated rings. The minimum atomic E-state index is -3.70. The first-order valence-corrected chi connectivity index (χ1v) is 9.75. The molecule has 0 bridgehead atoms. The van der Waals surface area contributed by atoms with Gasteiger partial charge in [0, 0.05) is 11.0 Å². The molecular weight excluding hydrogens is 394 g/mol. The number of halogens is 1. The molecule has 1 heterocycles. The number of rotatable bonds is 4. The van der Waals surface area contributed by atoms with E-state index in [0.717, 1.165) is 5.56 Å². The van der Waals surface area contributed by atoms with Gasteiger partial charge in [0.25, 0.3) is 10.0 Å². The molecule has 0 spiro atoms. The van der Waals surface area contributed by atoms with E-state index >= 15 is 0 Å². The first-order chi connectivity index (χ1) is 11.4. The largest absolute Gasteiger partial charge is 0.462 e. The number of anilines is 1. The Hall–Kier alpha value is -1.86. The Morgan fingerprint density at radius 2 is 2.00 bits per heavy atom. The summed E-state index contributed by atoms with van der Waals surface area (Å²) < 4.78 is 32.7. The van der Waals surface area contributed by atoms with Crippen LogP contribution in [-0.4, -0.2) is 27.5 Å². The lowest BCUT2D eigenvalue weighted by Crippen LogP contribution is -2.29. The van der Waals surface area contributed by atoms with Crippen molar-refractivity contribution in [1.82, 2.24) is 0 Å². The summed E-state index contributed by atoms with van der Waals surface area (Å²) in [5, 5.41) is 0. The quantitative estimate of drug-likeness (QED) is 0.726. The summed E-state index contributed by atoms with van der Waals surface area (Å²) in [4.78, 5) is 11.9. The van der Waals surface area contributed by atoms with E-state index in [1.165, 1.54) is 22.5 Å². The number of hydrogen-bond acceptors (Lipinski definition) is 4. The van der Waals surface area contributed by atoms with Gasteiger partial charge < -0.3 is 4.74 Å². The number of ether oxygens (including phenoxy) is 1. The molecule has 2 aromatic carbocycles. The summed E-state index contributed by atoms with van der Waals surface area (Å²) in [6, 6.07) is 11.9. The van der Waals surface area contributed by atoms with Crippen LogP contribution in [0.3, 0.4) is 0 Å². The lowest BCUT2D eigenvalue weighted by Gasteiger charge is -2.20. The second-order valence-corrected chi connectivity index (χ2v) is 8.01. The van der Waals surface area contributed by atoms with Crippen molar-refractivity contribution in [3.8, 4) is 0 Å². The molecule has 0 saturated heterocycles. The molecule has 5 nitrogen and oxygen atoms in total. The molecule has 0 N–H and O–H groups in total. The third-order valence-corrected chi connectivity index (χ3v) is 6.65. The van der Waals surface area contributed by atoms with Crippen LogP contribution in [0, 0.1) is 0 Å². The smallest absolute Gasteiger partial charge is 0.338 e. The summed E-state index contributed by atoms with van der Waals surface area (Å²) in [6.07, 6.45) is 0.688. The number of para-hydroxylation sites is 1. The van der Waals surface area contributed by atoms with E-state index < -0.39 is 16.0 Å². The van der Waals surface area contributed by atoms with Gasteiger partial charge in [-0.05, 0) is 59.1 Å². The van der Waals surface area contributed by atoms with Gasteiger partial charge >= 0.3 is 5.97 Å². The van der Waals surface area contributed by atoms with Crippen LogP contribution in [0.2, 0.25) is 0 Å². The summed E-state index contributed by atoms with van der Waals surface area (Å²) in [6.45, 7) is 2.39. The van der Waals surface area contributed by atoms with E-state index in [4.69, 9.17) is 4.74 Å². The topological polar surface area (TPSA) is 63.7 Å². The molecule has 126 valence electrons. The zero-order chi connectivity index (χ0) is 17.3. The third kappa shape index (κ3) is 2.93. The highest BCUT2D eigenvalue weighted by Crippen LogP contribution is 2.35. The highest BCUT2D eigenvalue weighted by atomic mass is 79.9. The maximum atomic E-state index is 13.0. The zero-order valence-corrected chi connectivity index (χ0v) is 15.4. The van der Waals surface area contributed by atoms with Crippen LogP contribution in [0.25, 0.3) is 0 Å². The fourth-order valence-electron chi connectivity index (χ4n) is 2.73. The monoisotopic (exact) mass is 409 g/mol. The molecule has 0 radical (unpaired) electrons. The molecule has 0 unspecified atom stereocenters. The predicted molar refractivity (Wildman–Crippen MR) is 94.8 cm³/mol. The Kier molecular flexibility index (Phi) is 4.64. The normalized spacial score (nSPS) is 13.7. The van der Waals surface area contributed by atoms with Crippen molar-refractivity contribution < 1.29 is 17.9 Å². The Morgan fingerprint density at radius 1 is 1.25 bits per heavy atom. The predicted octanol–water partition coefficient (Wildman–Crippen LogP) is 3.38. The zero-order valence-electron chi connectivity index (χ0n) is 13.0. The summed E-state index contributed by atoms with van der Waals surface area (Å²) >= 11 is 3.28. The molecule has 0 amide bonds. The Balaban J connectivity index is 1.98.